The predicted molar refractivity (Wildman–Crippen MR) is 210 cm³/mol. The van der Waals surface area contributed by atoms with Gasteiger partial charge in [-0.15, -0.1) is 0 Å². The zero-order valence-electron chi connectivity index (χ0n) is 28.0. The number of hydrogen-bond donors (Lipinski definition) is 0. The van der Waals surface area contributed by atoms with Crippen LogP contribution >= 0.6 is 0 Å². The van der Waals surface area contributed by atoms with Crippen LogP contribution in [0.1, 0.15) is 0 Å². The largest absolute Gasteiger partial charge is 0.344 e. The van der Waals surface area contributed by atoms with Gasteiger partial charge in [-0.1, -0.05) is 115 Å². The first-order valence-corrected chi connectivity index (χ1v) is 17.0. The van der Waals surface area contributed by atoms with E-state index in [0.717, 1.165) is 11.3 Å². The molecule has 50 heavy (non-hydrogen) atoms. The van der Waals surface area contributed by atoms with Gasteiger partial charge in [0.25, 0.3) is 0 Å². The third kappa shape index (κ3) is 4.74. The van der Waals surface area contributed by atoms with Gasteiger partial charge >= 0.3 is 0 Å². The summed E-state index contributed by atoms with van der Waals surface area (Å²) in [6.07, 6.45) is 0. The van der Waals surface area contributed by atoms with Gasteiger partial charge in [0, 0.05) is 52.4 Å². The van der Waals surface area contributed by atoms with Crippen LogP contribution < -0.4 is 0 Å². The fourth-order valence-electron chi connectivity index (χ4n) is 7.42. The van der Waals surface area contributed by atoms with Crippen molar-refractivity contribution >= 4 is 71.5 Å². The number of aryl methyl sites for hydroxylation is 2. The van der Waals surface area contributed by atoms with E-state index in [1.54, 1.807) is 0 Å². The molecule has 4 heterocycles. The van der Waals surface area contributed by atoms with Gasteiger partial charge in [-0.2, -0.15) is 0 Å². The van der Waals surface area contributed by atoms with Crippen LogP contribution in [0.4, 0.5) is 0 Å². The fraction of sp³-hybridized carbons (Fsp3) is 0.0444. The van der Waals surface area contributed by atoms with Crippen LogP contribution in [-0.4, -0.2) is 23.1 Å². The van der Waals surface area contributed by atoms with E-state index in [4.69, 9.17) is 0 Å². The highest BCUT2D eigenvalue weighted by Gasteiger charge is 2.13. The molecule has 0 spiro atoms. The predicted octanol–water partition coefficient (Wildman–Crippen LogP) is 11.1. The van der Waals surface area contributed by atoms with Crippen molar-refractivity contribution in [2.24, 2.45) is 14.1 Å². The van der Waals surface area contributed by atoms with Crippen LogP contribution in [0.25, 0.3) is 77.1 Å². The molecule has 0 saturated heterocycles. The highest BCUT2D eigenvalue weighted by Crippen LogP contribution is 2.32. The van der Waals surface area contributed by atoms with Gasteiger partial charge < -0.3 is 13.7 Å². The van der Waals surface area contributed by atoms with Gasteiger partial charge in [0.15, 0.2) is 0 Å². The van der Waals surface area contributed by atoms with E-state index in [-0.39, 0.29) is 0 Å². The van der Waals surface area contributed by atoms with Crippen LogP contribution in [0.5, 0.6) is 0 Å². The molecule has 0 aliphatic heterocycles. The van der Waals surface area contributed by atoms with Crippen molar-refractivity contribution in [3.05, 3.63) is 176 Å². The van der Waals surface area contributed by atoms with Crippen LogP contribution in [0.15, 0.2) is 176 Å². The van der Waals surface area contributed by atoms with Gasteiger partial charge in [-0.3, -0.25) is 4.40 Å². The molecule has 0 unspecified atom stereocenters. The lowest BCUT2D eigenvalue weighted by atomic mass is 10.2. The number of aromatic nitrogens is 5. The Bertz CT molecular complexity index is 2850. The number of para-hydroxylation sites is 9. The molecule has 0 atom stereocenters. The van der Waals surface area contributed by atoms with Crippen LogP contribution in [0.3, 0.4) is 0 Å². The SMILES string of the molecule is Cn1c2ccccc2c2ccccc21.Cn1c2ccccc2n2c3ccccc3nc12.c1ccc(-n2c3ccccc3c3ccccc32)cc1. The van der Waals surface area contributed by atoms with E-state index in [1.807, 2.05) is 6.07 Å². The van der Waals surface area contributed by atoms with Crippen molar-refractivity contribution < 1.29 is 0 Å². The summed E-state index contributed by atoms with van der Waals surface area (Å²) in [6.45, 7) is 0. The van der Waals surface area contributed by atoms with Crippen molar-refractivity contribution in [1.29, 1.82) is 0 Å². The lowest BCUT2D eigenvalue weighted by Gasteiger charge is -2.06. The Morgan fingerprint density at radius 2 is 0.740 bits per heavy atom. The van der Waals surface area contributed by atoms with E-state index >= 15 is 0 Å². The number of nitrogens with zero attached hydrogens (tertiary/aromatic N) is 5. The molecule has 0 N–H and O–H groups in total. The normalized spacial score (nSPS) is 11.4. The van der Waals surface area contributed by atoms with Crippen LogP contribution in [-0.2, 0) is 14.1 Å². The van der Waals surface area contributed by atoms with E-state index < -0.39 is 0 Å². The molecule has 0 aliphatic carbocycles. The molecule has 7 aromatic carbocycles. The maximum atomic E-state index is 4.68. The van der Waals surface area contributed by atoms with E-state index in [1.165, 1.54) is 65.8 Å². The molecule has 5 heteroatoms. The van der Waals surface area contributed by atoms with Crippen LogP contribution in [0.2, 0.25) is 0 Å². The second-order valence-electron chi connectivity index (χ2n) is 12.6. The smallest absolute Gasteiger partial charge is 0.215 e. The zero-order chi connectivity index (χ0) is 33.6. The molecule has 11 rings (SSSR count). The third-order valence-corrected chi connectivity index (χ3v) is 9.74. The van der Waals surface area contributed by atoms with Gasteiger partial charge in [-0.05, 0) is 60.7 Å². The first-order valence-electron chi connectivity index (χ1n) is 17.0. The Kier molecular flexibility index (Phi) is 7.17. The summed E-state index contributed by atoms with van der Waals surface area (Å²) in [5, 5.41) is 5.29. The average Bonchev–Trinajstić information content (AvgIpc) is 3.90. The number of hydrogen-bond acceptors (Lipinski definition) is 1. The van der Waals surface area contributed by atoms with Crippen LogP contribution in [0, 0.1) is 0 Å². The second kappa shape index (κ2) is 12.1. The van der Waals surface area contributed by atoms with Gasteiger partial charge in [0.1, 0.15) is 0 Å². The van der Waals surface area contributed by atoms with Crippen molar-refractivity contribution in [2.45, 2.75) is 0 Å². The molecule has 4 aromatic heterocycles. The average molecular weight is 646 g/mol. The number of fused-ring (bicyclic) bond motifs is 11. The number of benzene rings is 7. The molecule has 240 valence electrons. The maximum Gasteiger partial charge on any atom is 0.215 e. The van der Waals surface area contributed by atoms with Crippen molar-refractivity contribution in [3.8, 4) is 5.69 Å². The summed E-state index contributed by atoms with van der Waals surface area (Å²) >= 11 is 0. The molecule has 0 bridgehead atoms. The molecule has 0 amide bonds. The topological polar surface area (TPSA) is 32.1 Å². The standard InChI is InChI=1S/C18H13N.C14H11N3.C13H11N/c1-2-8-14(9-3-1)19-17-12-6-4-10-15(17)16-11-5-7-13-18(16)19;1-16-12-8-4-5-9-13(12)17-11-7-3-2-6-10(11)15-14(16)17;1-14-12-8-4-2-6-10(12)11-7-3-5-9-13(11)14/h1-13H;2-9H,1H3;2-9H,1H3. The minimum atomic E-state index is 0.993. The summed E-state index contributed by atoms with van der Waals surface area (Å²) in [5.74, 6) is 0.993. The third-order valence-electron chi connectivity index (χ3n) is 9.74. The highest BCUT2D eigenvalue weighted by atomic mass is 15.2. The van der Waals surface area contributed by atoms with Gasteiger partial charge in [0.05, 0.1) is 33.1 Å². The van der Waals surface area contributed by atoms with E-state index in [0.29, 0.717) is 0 Å². The first-order chi connectivity index (χ1) is 24.7. The zero-order valence-corrected chi connectivity index (χ0v) is 28.0. The molecule has 5 nitrogen and oxygen atoms in total. The number of imidazole rings is 2. The summed E-state index contributed by atoms with van der Waals surface area (Å²) in [4.78, 5) is 4.68. The van der Waals surface area contributed by atoms with Gasteiger partial charge in [0.2, 0.25) is 5.78 Å². The summed E-state index contributed by atoms with van der Waals surface area (Å²) < 4.78 is 8.91. The van der Waals surface area contributed by atoms with E-state index in [9.17, 15) is 0 Å². The Balaban J connectivity index is 0.000000102. The molecule has 0 saturated carbocycles. The van der Waals surface area contributed by atoms with E-state index in [2.05, 4.69) is 207 Å². The monoisotopic (exact) mass is 645 g/mol. The fourth-order valence-corrected chi connectivity index (χ4v) is 7.42. The lowest BCUT2D eigenvalue weighted by molar-refractivity contribution is 0.973. The second-order valence-corrected chi connectivity index (χ2v) is 12.6. The van der Waals surface area contributed by atoms with Gasteiger partial charge in [-0.25, -0.2) is 4.98 Å². The molecule has 11 aromatic rings. The summed E-state index contributed by atoms with van der Waals surface area (Å²) in [6, 6.07) is 61.3. The maximum absolute atomic E-state index is 4.68. The first kappa shape index (κ1) is 29.5. The number of rotatable bonds is 1. The Morgan fingerprint density at radius 1 is 0.340 bits per heavy atom. The Morgan fingerprint density at radius 3 is 1.30 bits per heavy atom. The summed E-state index contributed by atoms with van der Waals surface area (Å²) in [5.41, 5.74) is 11.0. The Labute approximate surface area is 289 Å². The lowest BCUT2D eigenvalue weighted by Crippen LogP contribution is -1.92. The molecule has 0 aliphatic rings. The molecular formula is C45H35N5. The minimum Gasteiger partial charge on any atom is -0.344 e. The minimum absolute atomic E-state index is 0.993. The van der Waals surface area contributed by atoms with Crippen molar-refractivity contribution in [3.63, 3.8) is 0 Å². The van der Waals surface area contributed by atoms with Crippen molar-refractivity contribution in [1.82, 2.24) is 23.1 Å². The van der Waals surface area contributed by atoms with Crippen molar-refractivity contribution in [2.75, 3.05) is 0 Å². The Hall–Kier alpha value is -6.59. The quantitative estimate of drug-likeness (QED) is 0.175. The highest BCUT2D eigenvalue weighted by molar-refractivity contribution is 6.09. The molecule has 0 fully saturated rings. The molecule has 0 radical (unpaired) electrons. The molecular weight excluding hydrogens is 611 g/mol. The summed E-state index contributed by atoms with van der Waals surface area (Å²) in [7, 11) is 4.17.